The molecule has 1 rings (SSSR count). The van der Waals surface area contributed by atoms with Gasteiger partial charge in [0.25, 0.3) is 0 Å². The molecule has 0 bridgehead atoms. The fourth-order valence-corrected chi connectivity index (χ4v) is 1.06. The van der Waals surface area contributed by atoms with Crippen molar-refractivity contribution in [2.45, 2.75) is 30.8 Å². The first kappa shape index (κ1) is 9.82. The zero-order valence-corrected chi connectivity index (χ0v) is 6.17. The molecule has 72 valence electrons. The standard InChI is InChI=1S/C6H11FO5/c7-3-5(10)4(9)2(1-8)12-6(3)11/h2-6,8-11H,1H2/i1+1,2+1,3+1,4+1,5+1,6+1. The summed E-state index contributed by atoms with van der Waals surface area (Å²) in [6, 6.07) is 0. The second kappa shape index (κ2) is 3.63. The minimum absolute atomic E-state index is 0.581. The van der Waals surface area contributed by atoms with E-state index in [9.17, 15) is 4.39 Å². The van der Waals surface area contributed by atoms with Gasteiger partial charge in [0.2, 0.25) is 0 Å². The Bertz CT molecular complexity index is 150. The van der Waals surface area contributed by atoms with Crippen molar-refractivity contribution in [1.29, 1.82) is 0 Å². The Kier molecular flexibility index (Phi) is 2.97. The van der Waals surface area contributed by atoms with E-state index in [0.717, 1.165) is 0 Å². The molecule has 0 saturated carbocycles. The van der Waals surface area contributed by atoms with Crippen molar-refractivity contribution in [2.75, 3.05) is 6.61 Å². The Morgan fingerprint density at radius 3 is 2.25 bits per heavy atom. The second-order valence-corrected chi connectivity index (χ2v) is 2.67. The number of alkyl halides is 1. The zero-order valence-electron chi connectivity index (χ0n) is 6.17. The van der Waals surface area contributed by atoms with Gasteiger partial charge < -0.3 is 25.2 Å². The van der Waals surface area contributed by atoms with Gasteiger partial charge >= 0.3 is 0 Å². The average molecular weight is 188 g/mol. The quantitative estimate of drug-likeness (QED) is 0.349. The number of hydrogen-bond acceptors (Lipinski definition) is 5. The van der Waals surface area contributed by atoms with Gasteiger partial charge in [-0.2, -0.15) is 0 Å². The first-order valence-corrected chi connectivity index (χ1v) is 3.52. The highest BCUT2D eigenvalue weighted by Crippen LogP contribution is 2.21. The number of hydrogen-bond donors (Lipinski definition) is 4. The first-order chi connectivity index (χ1) is 5.57. The summed E-state index contributed by atoms with van der Waals surface area (Å²) in [6.07, 6.45) is -8.19. The van der Waals surface area contributed by atoms with Crippen LogP contribution in [0.25, 0.3) is 0 Å². The molecule has 5 atom stereocenters. The minimum Gasteiger partial charge on any atom is -0.394 e. The maximum absolute atomic E-state index is 12.7. The molecule has 1 saturated heterocycles. The molecule has 6 heteroatoms. The van der Waals surface area contributed by atoms with Gasteiger partial charge in [-0.25, -0.2) is 4.39 Å². The molecule has 12 heavy (non-hydrogen) atoms. The predicted molar refractivity (Wildman–Crippen MR) is 34.9 cm³/mol. The van der Waals surface area contributed by atoms with E-state index < -0.39 is 37.4 Å². The molecule has 1 aliphatic rings. The third-order valence-corrected chi connectivity index (χ3v) is 1.82. The molecule has 0 amide bonds. The highest BCUT2D eigenvalue weighted by molar-refractivity contribution is 4.88. The maximum Gasteiger partial charge on any atom is 0.189 e. The van der Waals surface area contributed by atoms with Crippen LogP contribution in [0.15, 0.2) is 0 Å². The lowest BCUT2D eigenvalue weighted by Gasteiger charge is -2.36. The highest BCUT2D eigenvalue weighted by Gasteiger charge is 2.43. The van der Waals surface area contributed by atoms with Crippen molar-refractivity contribution in [1.82, 2.24) is 0 Å². The van der Waals surface area contributed by atoms with Crippen molar-refractivity contribution < 1.29 is 29.6 Å². The van der Waals surface area contributed by atoms with Crippen LogP contribution in [0.4, 0.5) is 4.39 Å². The van der Waals surface area contributed by atoms with E-state index in [0.29, 0.717) is 0 Å². The Hall–Kier alpha value is -0.270. The Balaban J connectivity index is 2.63. The fourth-order valence-electron chi connectivity index (χ4n) is 1.06. The fraction of sp³-hybridized carbons (Fsp3) is 1.00. The Morgan fingerprint density at radius 1 is 1.17 bits per heavy atom. The number of aliphatic hydroxyl groups is 4. The van der Waals surface area contributed by atoms with Gasteiger partial charge in [-0.15, -0.1) is 0 Å². The van der Waals surface area contributed by atoms with Crippen LogP contribution in [0.3, 0.4) is 0 Å². The topological polar surface area (TPSA) is 90.2 Å². The second-order valence-electron chi connectivity index (χ2n) is 2.67. The van der Waals surface area contributed by atoms with Gasteiger partial charge in [-0.3, -0.25) is 0 Å². The highest BCUT2D eigenvalue weighted by atomic mass is 19.2. The summed E-state index contributed by atoms with van der Waals surface area (Å²) in [5.41, 5.74) is 0. The van der Waals surface area contributed by atoms with Crippen LogP contribution in [-0.2, 0) is 4.74 Å². The molecule has 1 fully saturated rings. The monoisotopic (exact) mass is 188 g/mol. The van der Waals surface area contributed by atoms with Gasteiger partial charge in [-0.05, 0) is 0 Å². The Labute approximate surface area is 68.0 Å². The Morgan fingerprint density at radius 2 is 1.75 bits per heavy atom. The van der Waals surface area contributed by atoms with E-state index in [1.54, 1.807) is 0 Å². The molecule has 1 heterocycles. The van der Waals surface area contributed by atoms with Crippen LogP contribution in [0, 0.1) is 0 Å². The molecular formula is C6H11FO5. The van der Waals surface area contributed by atoms with E-state index in [1.165, 1.54) is 0 Å². The molecule has 0 radical (unpaired) electrons. The lowest BCUT2D eigenvalue weighted by Crippen LogP contribution is -2.56. The molecule has 4 N–H and O–H groups in total. The summed E-state index contributed by atoms with van der Waals surface area (Å²) in [6.45, 7) is -0.581. The molecule has 0 aromatic rings. The van der Waals surface area contributed by atoms with Crippen molar-refractivity contribution in [3.8, 4) is 0 Å². The first-order valence-electron chi connectivity index (χ1n) is 3.52. The molecule has 0 aliphatic carbocycles. The van der Waals surface area contributed by atoms with Crippen LogP contribution in [0.2, 0.25) is 0 Å². The molecule has 5 unspecified atom stereocenters. The summed E-state index contributed by atoms with van der Waals surface area (Å²) >= 11 is 0. The normalized spacial score (nSPS) is 49.2. The largest absolute Gasteiger partial charge is 0.394 e. The van der Waals surface area contributed by atoms with Crippen LogP contribution >= 0.6 is 0 Å². The van der Waals surface area contributed by atoms with Crippen LogP contribution in [-0.4, -0.2) is 57.8 Å². The summed E-state index contributed by atoms with van der Waals surface area (Å²) in [5.74, 6) is 0. The van der Waals surface area contributed by atoms with Gasteiger partial charge in [0.1, 0.15) is 18.3 Å². The number of halogens is 1. The van der Waals surface area contributed by atoms with Gasteiger partial charge in [0.15, 0.2) is 12.5 Å². The maximum atomic E-state index is 12.7. The lowest BCUT2D eigenvalue weighted by molar-refractivity contribution is -0.271. The average Bonchev–Trinajstić information content (AvgIpc) is 2.08. The van der Waals surface area contributed by atoms with E-state index in [1.807, 2.05) is 0 Å². The van der Waals surface area contributed by atoms with Crippen LogP contribution in [0.5, 0.6) is 0 Å². The van der Waals surface area contributed by atoms with Gasteiger partial charge in [0, 0.05) is 0 Å². The van der Waals surface area contributed by atoms with E-state index in [2.05, 4.69) is 4.74 Å². The number of aliphatic hydroxyl groups excluding tert-OH is 4. The van der Waals surface area contributed by atoms with E-state index >= 15 is 0 Å². The third-order valence-electron chi connectivity index (χ3n) is 1.82. The van der Waals surface area contributed by atoms with Crippen LogP contribution in [0.1, 0.15) is 0 Å². The van der Waals surface area contributed by atoms with Gasteiger partial charge in [0.05, 0.1) is 6.61 Å². The smallest absolute Gasteiger partial charge is 0.189 e. The van der Waals surface area contributed by atoms with E-state index in [-0.39, 0.29) is 0 Å². The molecule has 1 aliphatic heterocycles. The zero-order chi connectivity index (χ0) is 9.30. The third kappa shape index (κ3) is 1.57. The van der Waals surface area contributed by atoms with Crippen molar-refractivity contribution in [2.24, 2.45) is 0 Å². The summed E-state index contributed by atoms with van der Waals surface area (Å²) in [4.78, 5) is 0. The van der Waals surface area contributed by atoms with Crippen molar-refractivity contribution in [3.05, 3.63) is 0 Å². The molecule has 0 aromatic heterocycles. The summed E-state index contributed by atoms with van der Waals surface area (Å²) in [7, 11) is 0. The van der Waals surface area contributed by atoms with E-state index in [4.69, 9.17) is 20.4 Å². The van der Waals surface area contributed by atoms with Crippen molar-refractivity contribution in [3.63, 3.8) is 0 Å². The number of ether oxygens (including phenoxy) is 1. The summed E-state index contributed by atoms with van der Waals surface area (Å²) < 4.78 is 17.1. The van der Waals surface area contributed by atoms with Crippen molar-refractivity contribution >= 4 is 0 Å². The minimum atomic E-state index is -2.04. The SMILES string of the molecule is O[13CH2][13CH]1O[13CH](O)[13CH](F)[13CH](O)[13CH]1O. The molecule has 0 spiro atoms. The van der Waals surface area contributed by atoms with Crippen LogP contribution < -0.4 is 0 Å². The van der Waals surface area contributed by atoms with Gasteiger partial charge in [-0.1, -0.05) is 0 Å². The summed E-state index contributed by atoms with van der Waals surface area (Å²) in [5, 5.41) is 35.3. The number of rotatable bonds is 1. The predicted octanol–water partition coefficient (Wildman–Crippen LogP) is -2.24. The molecule has 0 aromatic carbocycles. The molecular weight excluding hydrogens is 177 g/mol. The lowest BCUT2D eigenvalue weighted by atomic mass is 11.0. The molecule has 5 nitrogen and oxygen atoms in total.